The van der Waals surface area contributed by atoms with Crippen molar-refractivity contribution in [2.45, 2.75) is 19.9 Å². The molecule has 106 valence electrons. The highest BCUT2D eigenvalue weighted by Gasteiger charge is 2.19. The van der Waals surface area contributed by atoms with Crippen LogP contribution in [0.25, 0.3) is 0 Å². The second-order valence-corrected chi connectivity index (χ2v) is 5.97. The summed E-state index contributed by atoms with van der Waals surface area (Å²) in [5, 5.41) is 3.74. The molecule has 20 heavy (non-hydrogen) atoms. The number of halogens is 3. The van der Waals surface area contributed by atoms with E-state index in [0.29, 0.717) is 10.6 Å². The van der Waals surface area contributed by atoms with E-state index in [-0.39, 0.29) is 11.9 Å². The van der Waals surface area contributed by atoms with Gasteiger partial charge in [-0.25, -0.2) is 4.39 Å². The molecule has 0 heterocycles. The lowest BCUT2D eigenvalue weighted by Gasteiger charge is -2.21. The van der Waals surface area contributed by atoms with Gasteiger partial charge in [-0.2, -0.15) is 0 Å². The van der Waals surface area contributed by atoms with Crippen LogP contribution in [0.2, 0.25) is 5.02 Å². The van der Waals surface area contributed by atoms with E-state index in [9.17, 15) is 4.39 Å². The van der Waals surface area contributed by atoms with E-state index < -0.39 is 0 Å². The molecule has 2 aromatic rings. The molecule has 0 bridgehead atoms. The summed E-state index contributed by atoms with van der Waals surface area (Å²) in [7, 11) is 0. The van der Waals surface area contributed by atoms with E-state index >= 15 is 0 Å². The van der Waals surface area contributed by atoms with Gasteiger partial charge in [-0.05, 0) is 37.2 Å². The second-order valence-electron chi connectivity index (χ2n) is 4.68. The zero-order valence-corrected chi connectivity index (χ0v) is 13.7. The van der Waals surface area contributed by atoms with E-state index in [4.69, 9.17) is 11.6 Å². The van der Waals surface area contributed by atoms with Gasteiger partial charge in [-0.1, -0.05) is 58.2 Å². The van der Waals surface area contributed by atoms with Crippen LogP contribution in [0.1, 0.15) is 29.7 Å². The van der Waals surface area contributed by atoms with Crippen LogP contribution in [0.4, 0.5) is 4.39 Å². The highest BCUT2D eigenvalue weighted by atomic mass is 79.9. The Kier molecular flexibility index (Phi) is 5.19. The third-order valence-corrected chi connectivity index (χ3v) is 4.10. The fourth-order valence-corrected chi connectivity index (χ4v) is 2.85. The number of hydrogen-bond donors (Lipinski definition) is 1. The molecule has 1 atom stereocenters. The normalized spacial score (nSPS) is 12.4. The lowest BCUT2D eigenvalue weighted by atomic mass is 9.97. The van der Waals surface area contributed by atoms with Gasteiger partial charge in [0.25, 0.3) is 0 Å². The third kappa shape index (κ3) is 3.40. The smallest absolute Gasteiger partial charge is 0.129 e. The first-order chi connectivity index (χ1) is 9.52. The Morgan fingerprint density at radius 3 is 2.60 bits per heavy atom. The predicted octanol–water partition coefficient (Wildman–Crippen LogP) is 5.25. The van der Waals surface area contributed by atoms with Crippen LogP contribution in [0.5, 0.6) is 0 Å². The molecule has 0 saturated carbocycles. The molecular weight excluding hydrogens is 341 g/mol. The maximum Gasteiger partial charge on any atom is 0.129 e. The lowest BCUT2D eigenvalue weighted by Crippen LogP contribution is -2.23. The van der Waals surface area contributed by atoms with E-state index in [0.717, 1.165) is 22.1 Å². The molecule has 0 aliphatic heterocycles. The fourth-order valence-electron chi connectivity index (χ4n) is 2.21. The Hall–Kier alpha value is -0.900. The first kappa shape index (κ1) is 15.5. The van der Waals surface area contributed by atoms with E-state index in [2.05, 4.69) is 27.3 Å². The summed E-state index contributed by atoms with van der Waals surface area (Å²) in [6.07, 6.45) is 0. The molecule has 2 rings (SSSR count). The summed E-state index contributed by atoms with van der Waals surface area (Å²) in [4.78, 5) is 0. The summed E-state index contributed by atoms with van der Waals surface area (Å²) in [5.41, 5.74) is 2.76. The van der Waals surface area contributed by atoms with Crippen molar-refractivity contribution >= 4 is 27.5 Å². The Balaban J connectivity index is 2.53. The van der Waals surface area contributed by atoms with Gasteiger partial charge in [0, 0.05) is 15.1 Å². The van der Waals surface area contributed by atoms with Crippen molar-refractivity contribution in [3.63, 3.8) is 0 Å². The minimum atomic E-state index is -0.295. The van der Waals surface area contributed by atoms with Crippen LogP contribution in [0.15, 0.2) is 40.9 Å². The van der Waals surface area contributed by atoms with Crippen LogP contribution >= 0.6 is 27.5 Å². The van der Waals surface area contributed by atoms with Gasteiger partial charge in [0.2, 0.25) is 0 Å². The first-order valence-electron chi connectivity index (χ1n) is 6.47. The van der Waals surface area contributed by atoms with Gasteiger partial charge in [0.15, 0.2) is 0 Å². The molecule has 0 saturated heterocycles. The topological polar surface area (TPSA) is 12.0 Å². The van der Waals surface area contributed by atoms with Crippen molar-refractivity contribution in [3.8, 4) is 0 Å². The largest absolute Gasteiger partial charge is 0.306 e. The predicted molar refractivity (Wildman–Crippen MR) is 85.8 cm³/mol. The Morgan fingerprint density at radius 1 is 1.20 bits per heavy atom. The molecule has 0 amide bonds. The second kappa shape index (κ2) is 6.70. The fraction of sp³-hybridized carbons (Fsp3) is 0.250. The van der Waals surface area contributed by atoms with Crippen LogP contribution in [-0.2, 0) is 0 Å². The molecule has 0 aliphatic carbocycles. The summed E-state index contributed by atoms with van der Waals surface area (Å²) >= 11 is 9.38. The van der Waals surface area contributed by atoms with E-state index in [1.807, 2.05) is 26.0 Å². The van der Waals surface area contributed by atoms with E-state index in [1.165, 1.54) is 6.07 Å². The maximum atomic E-state index is 14.2. The molecule has 2 aromatic carbocycles. The summed E-state index contributed by atoms with van der Waals surface area (Å²) in [5.74, 6) is -0.295. The van der Waals surface area contributed by atoms with Gasteiger partial charge in [0.05, 0.1) is 6.04 Å². The van der Waals surface area contributed by atoms with Crippen LogP contribution in [-0.4, -0.2) is 6.54 Å². The van der Waals surface area contributed by atoms with Gasteiger partial charge >= 0.3 is 0 Å². The molecule has 0 radical (unpaired) electrons. The standard InChI is InChI=1S/C16H16BrClFN/c1-3-20-16(12-6-5-11(18)9-15(12)19)13-8-10(2)4-7-14(13)17/h4-9,16,20H,3H2,1-2H3. The summed E-state index contributed by atoms with van der Waals surface area (Å²) in [6.45, 7) is 4.77. The van der Waals surface area contributed by atoms with Gasteiger partial charge in [0.1, 0.15) is 5.82 Å². The van der Waals surface area contributed by atoms with Crippen LogP contribution < -0.4 is 5.32 Å². The van der Waals surface area contributed by atoms with Crippen LogP contribution in [0.3, 0.4) is 0 Å². The van der Waals surface area contributed by atoms with Crippen molar-refractivity contribution in [3.05, 3.63) is 68.4 Å². The Bertz CT molecular complexity index is 615. The zero-order valence-electron chi connectivity index (χ0n) is 11.4. The number of rotatable bonds is 4. The highest BCUT2D eigenvalue weighted by molar-refractivity contribution is 9.10. The van der Waals surface area contributed by atoms with Gasteiger partial charge < -0.3 is 5.32 Å². The van der Waals surface area contributed by atoms with Gasteiger partial charge in [-0.3, -0.25) is 0 Å². The van der Waals surface area contributed by atoms with Crippen molar-refractivity contribution in [2.75, 3.05) is 6.54 Å². The van der Waals surface area contributed by atoms with E-state index in [1.54, 1.807) is 12.1 Å². The van der Waals surface area contributed by atoms with Crippen molar-refractivity contribution in [1.82, 2.24) is 5.32 Å². The zero-order chi connectivity index (χ0) is 14.7. The molecule has 4 heteroatoms. The summed E-state index contributed by atoms with van der Waals surface area (Å²) < 4.78 is 15.2. The number of nitrogens with one attached hydrogen (secondary N) is 1. The van der Waals surface area contributed by atoms with Crippen molar-refractivity contribution < 1.29 is 4.39 Å². The average Bonchev–Trinajstić information content (AvgIpc) is 2.40. The Labute approximate surface area is 132 Å². The lowest BCUT2D eigenvalue weighted by molar-refractivity contribution is 0.558. The molecule has 0 spiro atoms. The quantitative estimate of drug-likeness (QED) is 0.789. The van der Waals surface area contributed by atoms with Crippen molar-refractivity contribution in [2.24, 2.45) is 0 Å². The SMILES string of the molecule is CCNC(c1ccc(Cl)cc1F)c1cc(C)ccc1Br. The molecule has 1 unspecified atom stereocenters. The average molecular weight is 357 g/mol. The molecule has 0 aromatic heterocycles. The molecule has 0 aliphatic rings. The summed E-state index contributed by atoms with van der Waals surface area (Å²) in [6, 6.07) is 10.7. The minimum Gasteiger partial charge on any atom is -0.306 e. The number of benzene rings is 2. The maximum absolute atomic E-state index is 14.2. The van der Waals surface area contributed by atoms with Crippen molar-refractivity contribution in [1.29, 1.82) is 0 Å². The molecule has 0 fully saturated rings. The van der Waals surface area contributed by atoms with Crippen LogP contribution in [0, 0.1) is 12.7 Å². The molecular formula is C16H16BrClFN. The third-order valence-electron chi connectivity index (χ3n) is 3.14. The number of hydrogen-bond acceptors (Lipinski definition) is 1. The highest BCUT2D eigenvalue weighted by Crippen LogP contribution is 2.31. The minimum absolute atomic E-state index is 0.202. The monoisotopic (exact) mass is 355 g/mol. The number of aryl methyl sites for hydroxylation is 1. The van der Waals surface area contributed by atoms with Gasteiger partial charge in [-0.15, -0.1) is 0 Å². The molecule has 1 N–H and O–H groups in total. The Morgan fingerprint density at radius 2 is 1.95 bits per heavy atom. The first-order valence-corrected chi connectivity index (χ1v) is 7.64. The molecule has 1 nitrogen and oxygen atoms in total.